The molecular formula is C35H43N5O2. The molecule has 2 aliphatic rings. The Morgan fingerprint density at radius 2 is 1.71 bits per heavy atom. The first-order chi connectivity index (χ1) is 20.6. The molecule has 3 aromatic carbocycles. The molecule has 7 nitrogen and oxygen atoms in total. The summed E-state index contributed by atoms with van der Waals surface area (Å²) in [6, 6.07) is 28.8. The Kier molecular flexibility index (Phi) is 8.70. The van der Waals surface area contributed by atoms with Crippen LogP contribution >= 0.6 is 0 Å². The van der Waals surface area contributed by atoms with E-state index in [2.05, 4.69) is 64.1 Å². The standard InChI is InChI=1S/C35H43N5O2/c1-2-42-24-23-40-32-16-10-9-15-31(32)37-33(40)29-17-20-38(25-30(29)36)21-18-35(28-13-7-4-8-14-28)19-22-39(26-35)34(41)27-11-5-3-6-12-27/h3-16,29-30H,2,17-26,36H2,1H3. The molecule has 6 rings (SSSR count). The van der Waals surface area contributed by atoms with Gasteiger partial charge < -0.3 is 24.8 Å². The van der Waals surface area contributed by atoms with Gasteiger partial charge in [0.2, 0.25) is 0 Å². The summed E-state index contributed by atoms with van der Waals surface area (Å²) in [5, 5.41) is 0. The van der Waals surface area contributed by atoms with E-state index in [0.29, 0.717) is 13.2 Å². The van der Waals surface area contributed by atoms with Crippen molar-refractivity contribution in [2.45, 2.75) is 50.1 Å². The van der Waals surface area contributed by atoms with Crippen LogP contribution in [0.2, 0.25) is 0 Å². The van der Waals surface area contributed by atoms with E-state index in [1.54, 1.807) is 0 Å². The number of hydrogen-bond acceptors (Lipinski definition) is 5. The number of amides is 1. The molecule has 220 valence electrons. The summed E-state index contributed by atoms with van der Waals surface area (Å²) in [7, 11) is 0. The summed E-state index contributed by atoms with van der Waals surface area (Å²) in [6.07, 6.45) is 2.96. The lowest BCUT2D eigenvalue weighted by molar-refractivity contribution is 0.0779. The van der Waals surface area contributed by atoms with Crippen LogP contribution in [-0.4, -0.2) is 77.2 Å². The van der Waals surface area contributed by atoms with Gasteiger partial charge in [-0.25, -0.2) is 4.98 Å². The number of fused-ring (bicyclic) bond motifs is 1. The monoisotopic (exact) mass is 565 g/mol. The van der Waals surface area contributed by atoms with Crippen LogP contribution in [0.25, 0.3) is 11.0 Å². The topological polar surface area (TPSA) is 76.6 Å². The number of likely N-dealkylation sites (tertiary alicyclic amines) is 2. The highest BCUT2D eigenvalue weighted by Gasteiger charge is 2.42. The number of nitrogens with zero attached hydrogens (tertiary/aromatic N) is 4. The van der Waals surface area contributed by atoms with Crippen molar-refractivity contribution in [3.8, 4) is 0 Å². The number of benzene rings is 3. The Balaban J connectivity index is 1.15. The second-order valence-corrected chi connectivity index (χ2v) is 11.9. The van der Waals surface area contributed by atoms with E-state index in [-0.39, 0.29) is 23.3 Å². The molecule has 0 spiro atoms. The first kappa shape index (κ1) is 28.6. The first-order valence-corrected chi connectivity index (χ1v) is 15.5. The average Bonchev–Trinajstić information content (AvgIpc) is 3.64. The van der Waals surface area contributed by atoms with Crippen molar-refractivity contribution < 1.29 is 9.53 Å². The molecule has 1 amide bonds. The van der Waals surface area contributed by atoms with Crippen molar-refractivity contribution in [3.05, 3.63) is 102 Å². The second-order valence-electron chi connectivity index (χ2n) is 11.9. The zero-order valence-electron chi connectivity index (χ0n) is 24.7. The van der Waals surface area contributed by atoms with Gasteiger partial charge in [-0.1, -0.05) is 60.7 Å². The maximum Gasteiger partial charge on any atom is 0.253 e. The fraction of sp³-hybridized carbons (Fsp3) is 0.429. The summed E-state index contributed by atoms with van der Waals surface area (Å²) in [6.45, 7) is 8.52. The van der Waals surface area contributed by atoms with Gasteiger partial charge in [0, 0.05) is 55.7 Å². The molecule has 2 aliphatic heterocycles. The third-order valence-corrected chi connectivity index (χ3v) is 9.38. The van der Waals surface area contributed by atoms with Gasteiger partial charge >= 0.3 is 0 Å². The van der Waals surface area contributed by atoms with Gasteiger partial charge in [0.1, 0.15) is 5.82 Å². The molecule has 0 saturated carbocycles. The molecule has 2 fully saturated rings. The molecule has 7 heteroatoms. The Morgan fingerprint density at radius 1 is 0.976 bits per heavy atom. The van der Waals surface area contributed by atoms with Crippen LogP contribution in [0.5, 0.6) is 0 Å². The summed E-state index contributed by atoms with van der Waals surface area (Å²) in [4.78, 5) is 23.0. The van der Waals surface area contributed by atoms with Crippen LogP contribution in [0, 0.1) is 0 Å². The molecule has 4 aromatic rings. The van der Waals surface area contributed by atoms with Crippen molar-refractivity contribution in [1.82, 2.24) is 19.4 Å². The van der Waals surface area contributed by atoms with Gasteiger partial charge in [0.25, 0.3) is 5.91 Å². The van der Waals surface area contributed by atoms with Crippen LogP contribution in [0.15, 0.2) is 84.9 Å². The van der Waals surface area contributed by atoms with Gasteiger partial charge in [-0.2, -0.15) is 0 Å². The third-order valence-electron chi connectivity index (χ3n) is 9.38. The van der Waals surface area contributed by atoms with Gasteiger partial charge in [-0.15, -0.1) is 0 Å². The minimum Gasteiger partial charge on any atom is -0.380 e. The van der Waals surface area contributed by atoms with E-state index in [4.69, 9.17) is 15.5 Å². The van der Waals surface area contributed by atoms with Crippen LogP contribution in [-0.2, 0) is 16.7 Å². The van der Waals surface area contributed by atoms with Crippen molar-refractivity contribution in [2.75, 3.05) is 45.9 Å². The Hall–Kier alpha value is -3.52. The van der Waals surface area contributed by atoms with E-state index in [0.717, 1.165) is 81.0 Å². The summed E-state index contributed by atoms with van der Waals surface area (Å²) < 4.78 is 8.03. The summed E-state index contributed by atoms with van der Waals surface area (Å²) in [5.41, 5.74) is 11.1. The molecule has 3 unspecified atom stereocenters. The Bertz CT molecular complexity index is 1470. The molecule has 2 saturated heterocycles. The van der Waals surface area contributed by atoms with Gasteiger partial charge in [-0.3, -0.25) is 4.79 Å². The Morgan fingerprint density at radius 3 is 2.48 bits per heavy atom. The van der Waals surface area contributed by atoms with E-state index < -0.39 is 0 Å². The number of imidazole rings is 1. The van der Waals surface area contributed by atoms with Crippen molar-refractivity contribution in [2.24, 2.45) is 5.73 Å². The normalized spacial score (nSPS) is 23.0. The predicted molar refractivity (Wildman–Crippen MR) is 168 cm³/mol. The fourth-order valence-electron chi connectivity index (χ4n) is 7.05. The van der Waals surface area contributed by atoms with Gasteiger partial charge in [0.15, 0.2) is 0 Å². The maximum absolute atomic E-state index is 13.3. The highest BCUT2D eigenvalue weighted by atomic mass is 16.5. The highest BCUT2D eigenvalue weighted by Crippen LogP contribution is 2.39. The van der Waals surface area contributed by atoms with E-state index in [1.807, 2.05) is 42.2 Å². The van der Waals surface area contributed by atoms with Crippen LogP contribution in [0.4, 0.5) is 0 Å². The minimum absolute atomic E-state index is 0.00816. The Labute approximate surface area is 249 Å². The number of rotatable bonds is 10. The predicted octanol–water partition coefficient (Wildman–Crippen LogP) is 5.06. The van der Waals surface area contributed by atoms with E-state index in [1.165, 1.54) is 5.56 Å². The molecule has 3 heterocycles. The molecule has 2 N–H and O–H groups in total. The maximum atomic E-state index is 13.3. The molecule has 42 heavy (non-hydrogen) atoms. The smallest absolute Gasteiger partial charge is 0.253 e. The fourth-order valence-corrected chi connectivity index (χ4v) is 7.05. The van der Waals surface area contributed by atoms with Gasteiger partial charge in [0.05, 0.1) is 17.6 Å². The molecular weight excluding hydrogens is 522 g/mol. The third kappa shape index (κ3) is 5.87. The lowest BCUT2D eigenvalue weighted by atomic mass is 9.76. The number of para-hydroxylation sites is 2. The largest absolute Gasteiger partial charge is 0.380 e. The zero-order valence-corrected chi connectivity index (χ0v) is 24.7. The van der Waals surface area contributed by atoms with Crippen molar-refractivity contribution >= 4 is 16.9 Å². The van der Waals surface area contributed by atoms with E-state index in [9.17, 15) is 4.79 Å². The SMILES string of the molecule is CCOCCn1c(C2CCN(CCC3(c4ccccc4)CCN(C(=O)c4ccccc4)C3)CC2N)nc2ccccc21. The number of aromatic nitrogens is 2. The van der Waals surface area contributed by atoms with Crippen LogP contribution in [0.1, 0.15) is 53.8 Å². The number of carbonyl (C=O) groups excluding carboxylic acids is 1. The number of ether oxygens (including phenoxy) is 1. The lowest BCUT2D eigenvalue weighted by Gasteiger charge is -2.39. The summed E-state index contributed by atoms with van der Waals surface area (Å²) >= 11 is 0. The number of piperidine rings is 1. The molecule has 0 radical (unpaired) electrons. The minimum atomic E-state index is -0.0557. The highest BCUT2D eigenvalue weighted by molar-refractivity contribution is 5.94. The lowest BCUT2D eigenvalue weighted by Crippen LogP contribution is -2.49. The zero-order chi connectivity index (χ0) is 28.9. The first-order valence-electron chi connectivity index (χ1n) is 15.5. The number of carbonyl (C=O) groups is 1. The van der Waals surface area contributed by atoms with Crippen LogP contribution < -0.4 is 5.73 Å². The second kappa shape index (κ2) is 12.8. The van der Waals surface area contributed by atoms with E-state index >= 15 is 0 Å². The molecule has 3 atom stereocenters. The van der Waals surface area contributed by atoms with Crippen LogP contribution in [0.3, 0.4) is 0 Å². The molecule has 0 aliphatic carbocycles. The molecule has 1 aromatic heterocycles. The quantitative estimate of drug-likeness (QED) is 0.272. The molecule has 0 bridgehead atoms. The van der Waals surface area contributed by atoms with Crippen molar-refractivity contribution in [3.63, 3.8) is 0 Å². The summed E-state index contributed by atoms with van der Waals surface area (Å²) in [5.74, 6) is 1.43. The van der Waals surface area contributed by atoms with Gasteiger partial charge in [-0.05, 0) is 69.1 Å². The number of nitrogens with two attached hydrogens (primary N) is 1. The number of hydrogen-bond donors (Lipinski definition) is 1. The van der Waals surface area contributed by atoms with Crippen molar-refractivity contribution in [1.29, 1.82) is 0 Å². The average molecular weight is 566 g/mol.